The molecule has 2 aromatic carbocycles. The maximum absolute atomic E-state index is 12.9. The highest BCUT2D eigenvalue weighted by Crippen LogP contribution is 2.69. The summed E-state index contributed by atoms with van der Waals surface area (Å²) < 4.78 is 28.0. The first-order chi connectivity index (χ1) is 14.7. The molecule has 2 unspecified atom stereocenters. The first-order valence-electron chi connectivity index (χ1n) is 9.92. The summed E-state index contributed by atoms with van der Waals surface area (Å²) in [5.74, 6) is -0.0753. The van der Waals surface area contributed by atoms with Crippen molar-refractivity contribution in [3.05, 3.63) is 42.0 Å². The highest BCUT2D eigenvalue weighted by atomic mass is 31.2. The van der Waals surface area contributed by atoms with E-state index in [0.29, 0.717) is 5.75 Å². The van der Waals surface area contributed by atoms with Crippen LogP contribution in [-0.4, -0.2) is 48.7 Å². The van der Waals surface area contributed by atoms with E-state index in [2.05, 4.69) is 0 Å². The Balaban J connectivity index is 2.05. The molecule has 0 fully saturated rings. The molecular formula is C20H29NO9P2. The highest BCUT2D eigenvalue weighted by molar-refractivity contribution is 7.72. The molecule has 7 N–H and O–H groups in total. The van der Waals surface area contributed by atoms with Crippen LogP contribution >= 0.6 is 15.2 Å². The molecule has 178 valence electrons. The van der Waals surface area contributed by atoms with Crippen molar-refractivity contribution >= 4 is 31.7 Å². The quantitative estimate of drug-likeness (QED) is 0.202. The van der Waals surface area contributed by atoms with Crippen molar-refractivity contribution in [2.75, 3.05) is 7.11 Å². The molecule has 0 amide bonds. The van der Waals surface area contributed by atoms with Crippen molar-refractivity contribution < 1.29 is 43.3 Å². The molecule has 32 heavy (non-hydrogen) atoms. The molecule has 2 aromatic rings. The van der Waals surface area contributed by atoms with Gasteiger partial charge in [-0.15, -0.1) is 0 Å². The summed E-state index contributed by atoms with van der Waals surface area (Å²) in [6.45, 7) is 1.74. The number of aliphatic hydroxyl groups is 1. The minimum absolute atomic E-state index is 0.125. The Morgan fingerprint density at radius 3 is 2.28 bits per heavy atom. The molecule has 0 saturated carbocycles. The molecule has 2 atom stereocenters. The van der Waals surface area contributed by atoms with Crippen molar-refractivity contribution in [3.8, 4) is 5.75 Å². The fourth-order valence-electron chi connectivity index (χ4n) is 3.60. The maximum atomic E-state index is 12.9. The predicted octanol–water partition coefficient (Wildman–Crippen LogP) is 2.41. The first kappa shape index (κ1) is 26.6. The van der Waals surface area contributed by atoms with Gasteiger partial charge in [0.1, 0.15) is 5.75 Å². The normalized spacial score (nSPS) is 14.9. The molecule has 0 heterocycles. The Bertz CT molecular complexity index is 1040. The van der Waals surface area contributed by atoms with E-state index in [9.17, 15) is 19.0 Å². The third-order valence-corrected chi connectivity index (χ3v) is 9.47. The van der Waals surface area contributed by atoms with Crippen LogP contribution in [0.15, 0.2) is 36.4 Å². The predicted molar refractivity (Wildman–Crippen MR) is 119 cm³/mol. The van der Waals surface area contributed by atoms with Gasteiger partial charge in [-0.25, -0.2) is 0 Å². The molecule has 0 saturated heterocycles. The van der Waals surface area contributed by atoms with Gasteiger partial charge < -0.3 is 35.2 Å². The molecule has 0 radical (unpaired) electrons. The third-order valence-electron chi connectivity index (χ3n) is 5.59. The molecule has 10 nitrogen and oxygen atoms in total. The van der Waals surface area contributed by atoms with E-state index in [-0.39, 0.29) is 25.0 Å². The lowest BCUT2D eigenvalue weighted by Gasteiger charge is -2.29. The van der Waals surface area contributed by atoms with Crippen LogP contribution in [-0.2, 0) is 13.9 Å². The number of ketones is 1. The number of carbonyl (C=O) groups excluding carboxylic acids is 1. The Morgan fingerprint density at radius 2 is 1.72 bits per heavy atom. The van der Waals surface area contributed by atoms with E-state index in [1.807, 2.05) is 30.3 Å². The number of fused-ring (bicyclic) bond motifs is 1. The summed E-state index contributed by atoms with van der Waals surface area (Å²) >= 11 is 0. The van der Waals surface area contributed by atoms with Gasteiger partial charge >= 0.3 is 15.2 Å². The number of hydrogen-bond donors (Lipinski definition) is 6. The van der Waals surface area contributed by atoms with Crippen LogP contribution in [0.25, 0.3) is 10.8 Å². The van der Waals surface area contributed by atoms with Crippen LogP contribution in [0.5, 0.6) is 5.75 Å². The fourth-order valence-corrected chi connectivity index (χ4v) is 5.85. The molecule has 0 aliphatic rings. The lowest BCUT2D eigenvalue weighted by Crippen LogP contribution is -2.34. The van der Waals surface area contributed by atoms with Crippen molar-refractivity contribution in [1.82, 2.24) is 0 Å². The van der Waals surface area contributed by atoms with E-state index in [1.165, 1.54) is 0 Å². The van der Waals surface area contributed by atoms with Crippen LogP contribution in [0.3, 0.4) is 0 Å². The van der Waals surface area contributed by atoms with Gasteiger partial charge in [0.2, 0.25) is 0 Å². The number of carbonyl (C=O) groups is 1. The van der Waals surface area contributed by atoms with Crippen LogP contribution in [0, 0.1) is 0 Å². The van der Waals surface area contributed by atoms with E-state index < -0.39 is 38.7 Å². The number of Topliss-reactive ketones (excluding diaryl/α,β-unsaturated/α-hetero) is 1. The largest absolute Gasteiger partial charge is 0.497 e. The SMILES string of the molecule is COc1ccc2c(C(C)C(=O)C(N)CCCCC(O)(P(=O)(O)O)P(=O)(O)O)cccc2c1. The second-order valence-electron chi connectivity index (χ2n) is 7.77. The minimum atomic E-state index is -5.49. The van der Waals surface area contributed by atoms with Gasteiger partial charge in [-0.1, -0.05) is 37.6 Å². The Kier molecular flexibility index (Phi) is 8.42. The molecule has 0 spiro atoms. The van der Waals surface area contributed by atoms with Gasteiger partial charge in [0, 0.05) is 5.92 Å². The van der Waals surface area contributed by atoms with Crippen molar-refractivity contribution in [2.24, 2.45) is 5.73 Å². The van der Waals surface area contributed by atoms with Crippen LogP contribution in [0.4, 0.5) is 0 Å². The average Bonchev–Trinajstić information content (AvgIpc) is 2.72. The van der Waals surface area contributed by atoms with Crippen LogP contribution in [0.2, 0.25) is 0 Å². The maximum Gasteiger partial charge on any atom is 0.369 e. The zero-order chi connectivity index (χ0) is 24.3. The highest BCUT2D eigenvalue weighted by Gasteiger charge is 2.58. The summed E-state index contributed by atoms with van der Waals surface area (Å²) in [5.41, 5.74) is 6.82. The number of benzene rings is 2. The molecule has 0 aliphatic heterocycles. The zero-order valence-corrected chi connectivity index (χ0v) is 19.6. The number of hydrogen-bond acceptors (Lipinski definition) is 6. The smallest absolute Gasteiger partial charge is 0.369 e. The van der Waals surface area contributed by atoms with E-state index in [4.69, 9.17) is 30.0 Å². The van der Waals surface area contributed by atoms with Gasteiger partial charge in [-0.3, -0.25) is 13.9 Å². The Labute approximate surface area is 185 Å². The van der Waals surface area contributed by atoms with E-state index in [0.717, 1.165) is 16.3 Å². The summed E-state index contributed by atoms with van der Waals surface area (Å²) in [7, 11) is -9.42. The van der Waals surface area contributed by atoms with Crippen LogP contribution in [0.1, 0.15) is 44.1 Å². The summed E-state index contributed by atoms with van der Waals surface area (Å²) in [5, 5.41) is 8.24. The number of unbranched alkanes of at least 4 members (excludes halogenated alkanes) is 1. The summed E-state index contributed by atoms with van der Waals surface area (Å²) in [6.07, 6.45) is -0.714. The number of rotatable bonds is 11. The monoisotopic (exact) mass is 489 g/mol. The second kappa shape index (κ2) is 10.1. The fraction of sp³-hybridized carbons (Fsp3) is 0.450. The van der Waals surface area contributed by atoms with Gasteiger partial charge in [0.05, 0.1) is 13.2 Å². The number of nitrogens with two attached hydrogens (primary N) is 1. The molecular weight excluding hydrogens is 460 g/mol. The summed E-state index contributed by atoms with van der Waals surface area (Å²) in [4.78, 5) is 49.6. The molecule has 12 heteroatoms. The van der Waals surface area contributed by atoms with Gasteiger partial charge in [0.15, 0.2) is 5.78 Å². The van der Waals surface area contributed by atoms with Gasteiger partial charge in [0.25, 0.3) is 5.08 Å². The van der Waals surface area contributed by atoms with Gasteiger partial charge in [-0.2, -0.15) is 0 Å². The van der Waals surface area contributed by atoms with Crippen LogP contribution < -0.4 is 10.5 Å². The van der Waals surface area contributed by atoms with Crippen molar-refractivity contribution in [3.63, 3.8) is 0 Å². The number of methoxy groups -OCH3 is 1. The zero-order valence-electron chi connectivity index (χ0n) is 17.8. The number of ether oxygens (including phenoxy) is 1. The standard InChI is InChI=1S/C20H29NO9P2/c1-13(16-7-5-6-14-12-15(30-2)9-10-17(14)16)19(22)18(21)8-3-4-11-20(23,31(24,25)26)32(27,28)29/h5-7,9-10,12-13,18,23H,3-4,8,11,21H2,1-2H3,(H2,24,25,26)(H2,27,28,29). The van der Waals surface area contributed by atoms with Gasteiger partial charge in [-0.05, 0) is 47.7 Å². The molecule has 2 rings (SSSR count). The average molecular weight is 489 g/mol. The van der Waals surface area contributed by atoms with Crippen molar-refractivity contribution in [2.45, 2.75) is 49.6 Å². The van der Waals surface area contributed by atoms with E-state index >= 15 is 0 Å². The molecule has 0 bridgehead atoms. The minimum Gasteiger partial charge on any atom is -0.497 e. The lowest BCUT2D eigenvalue weighted by molar-refractivity contribution is -0.121. The van der Waals surface area contributed by atoms with E-state index in [1.54, 1.807) is 20.1 Å². The lowest BCUT2D eigenvalue weighted by atomic mass is 9.87. The molecule has 0 aliphatic carbocycles. The first-order valence-corrected chi connectivity index (χ1v) is 13.1. The molecule has 0 aromatic heterocycles. The Hall–Kier alpha value is -1.61. The topological polar surface area (TPSA) is 188 Å². The van der Waals surface area contributed by atoms with Crippen molar-refractivity contribution in [1.29, 1.82) is 0 Å². The third kappa shape index (κ3) is 5.65. The summed E-state index contributed by atoms with van der Waals surface area (Å²) in [6, 6.07) is 10.2. The second-order valence-corrected chi connectivity index (χ2v) is 11.8. The Morgan fingerprint density at radius 1 is 1.09 bits per heavy atom.